The molecule has 1 aromatic heterocycles. The summed E-state index contributed by atoms with van der Waals surface area (Å²) in [5.41, 5.74) is 2.93. The minimum absolute atomic E-state index is 0.0928. The van der Waals surface area contributed by atoms with E-state index in [9.17, 15) is 18.0 Å². The van der Waals surface area contributed by atoms with Crippen molar-refractivity contribution >= 4 is 6.29 Å². The van der Waals surface area contributed by atoms with Gasteiger partial charge in [-0.25, -0.2) is 9.37 Å². The molecule has 0 saturated carbocycles. The number of aromatic nitrogens is 1. The number of halogens is 3. The van der Waals surface area contributed by atoms with Crippen LogP contribution in [0, 0.1) is 5.82 Å². The third-order valence-corrected chi connectivity index (χ3v) is 1.36. The molecule has 1 aromatic rings. The molecule has 0 saturated heterocycles. The summed E-state index contributed by atoms with van der Waals surface area (Å²) < 4.78 is 37.4. The van der Waals surface area contributed by atoms with Crippen LogP contribution in [0.15, 0.2) is 12.3 Å². The topological polar surface area (TPSA) is 56.0 Å². The number of aldehydes is 1. The van der Waals surface area contributed by atoms with Gasteiger partial charge in [-0.15, -0.1) is 0 Å². The van der Waals surface area contributed by atoms with Crippen molar-refractivity contribution in [2.45, 2.75) is 6.05 Å². The predicted molar refractivity (Wildman–Crippen MR) is 37.7 cm³/mol. The largest absolute Gasteiger partial charge is 0.329 e. The molecule has 2 N–H and O–H groups in total. The van der Waals surface area contributed by atoms with Crippen molar-refractivity contribution in [3.8, 4) is 0 Å². The standard InChI is InChI=1S/C7H5F3N2O/c8-4-1-5(7(9,10)11)6(3-13)12-2-4/h1-3H,11H2. The van der Waals surface area contributed by atoms with E-state index in [1.807, 2.05) is 0 Å². The van der Waals surface area contributed by atoms with Crippen LogP contribution in [0.3, 0.4) is 0 Å². The smallest absolute Gasteiger partial charge is 0.296 e. The van der Waals surface area contributed by atoms with E-state index in [0.29, 0.717) is 12.3 Å². The zero-order chi connectivity index (χ0) is 10.1. The first-order valence-electron chi connectivity index (χ1n) is 3.23. The van der Waals surface area contributed by atoms with Crippen LogP contribution in [0.25, 0.3) is 0 Å². The second-order valence-electron chi connectivity index (χ2n) is 2.33. The van der Waals surface area contributed by atoms with E-state index >= 15 is 0 Å². The van der Waals surface area contributed by atoms with Crippen molar-refractivity contribution in [2.24, 2.45) is 5.73 Å². The maximum atomic E-state index is 12.5. The predicted octanol–water partition coefficient (Wildman–Crippen LogP) is 1.04. The van der Waals surface area contributed by atoms with Crippen molar-refractivity contribution in [1.82, 2.24) is 4.98 Å². The van der Waals surface area contributed by atoms with Crippen molar-refractivity contribution < 1.29 is 18.0 Å². The molecule has 3 nitrogen and oxygen atoms in total. The second-order valence-corrected chi connectivity index (χ2v) is 2.33. The van der Waals surface area contributed by atoms with Crippen LogP contribution in [-0.4, -0.2) is 11.3 Å². The Morgan fingerprint density at radius 1 is 1.54 bits per heavy atom. The number of nitrogens with zero attached hydrogens (tertiary/aromatic N) is 1. The Balaban J connectivity index is 3.32. The van der Waals surface area contributed by atoms with Gasteiger partial charge in [0.1, 0.15) is 11.5 Å². The normalized spacial score (nSPS) is 11.4. The number of hydrogen-bond acceptors (Lipinski definition) is 3. The molecule has 70 valence electrons. The number of alkyl halides is 2. The molecule has 0 fully saturated rings. The monoisotopic (exact) mass is 190 g/mol. The van der Waals surface area contributed by atoms with Gasteiger partial charge in [-0.3, -0.25) is 10.5 Å². The second kappa shape index (κ2) is 3.14. The van der Waals surface area contributed by atoms with Crippen molar-refractivity contribution in [2.75, 3.05) is 0 Å². The Hall–Kier alpha value is -1.43. The zero-order valence-electron chi connectivity index (χ0n) is 6.30. The van der Waals surface area contributed by atoms with E-state index in [0.717, 1.165) is 0 Å². The van der Waals surface area contributed by atoms with Gasteiger partial charge in [-0.1, -0.05) is 0 Å². The van der Waals surface area contributed by atoms with Gasteiger partial charge in [-0.2, -0.15) is 8.78 Å². The number of carbonyl (C=O) groups excluding carboxylic acids is 1. The molecule has 0 aromatic carbocycles. The summed E-state index contributed by atoms with van der Waals surface area (Å²) in [5.74, 6) is -0.967. The summed E-state index contributed by atoms with van der Waals surface area (Å²) in [5, 5.41) is 0. The third-order valence-electron chi connectivity index (χ3n) is 1.36. The maximum absolute atomic E-state index is 12.5. The van der Waals surface area contributed by atoms with E-state index in [1.54, 1.807) is 0 Å². The average molecular weight is 190 g/mol. The SMILES string of the molecule is NC(F)(F)c1cc(F)cnc1C=O. The fraction of sp³-hybridized carbons (Fsp3) is 0.143. The molecule has 0 amide bonds. The van der Waals surface area contributed by atoms with E-state index in [1.165, 1.54) is 0 Å². The van der Waals surface area contributed by atoms with Gasteiger partial charge in [0, 0.05) is 0 Å². The lowest BCUT2D eigenvalue weighted by atomic mass is 10.1. The van der Waals surface area contributed by atoms with E-state index in [4.69, 9.17) is 0 Å². The maximum Gasteiger partial charge on any atom is 0.329 e. The molecule has 0 atom stereocenters. The van der Waals surface area contributed by atoms with Crippen LogP contribution in [0.4, 0.5) is 13.2 Å². The molecule has 0 aliphatic rings. The molecule has 0 unspecified atom stereocenters. The van der Waals surface area contributed by atoms with Gasteiger partial charge in [0.25, 0.3) is 0 Å². The molecule has 6 heteroatoms. The fourth-order valence-corrected chi connectivity index (χ4v) is 0.811. The van der Waals surface area contributed by atoms with Crippen molar-refractivity contribution in [1.29, 1.82) is 0 Å². The summed E-state index contributed by atoms with van der Waals surface area (Å²) in [6, 6.07) is -3.28. The Bertz CT molecular complexity index is 335. The Kier molecular flexibility index (Phi) is 2.33. The minimum Gasteiger partial charge on any atom is -0.296 e. The molecule has 1 rings (SSSR count). The first kappa shape index (κ1) is 9.66. The van der Waals surface area contributed by atoms with Gasteiger partial charge in [0.15, 0.2) is 6.29 Å². The van der Waals surface area contributed by atoms with Crippen molar-refractivity contribution in [3.63, 3.8) is 0 Å². The van der Waals surface area contributed by atoms with E-state index in [2.05, 4.69) is 10.7 Å². The van der Waals surface area contributed by atoms with Crippen molar-refractivity contribution in [3.05, 3.63) is 29.3 Å². The highest BCUT2D eigenvalue weighted by Crippen LogP contribution is 2.23. The van der Waals surface area contributed by atoms with Gasteiger partial charge >= 0.3 is 6.05 Å². The van der Waals surface area contributed by atoms with Gasteiger partial charge in [0.05, 0.1) is 11.8 Å². The van der Waals surface area contributed by atoms with Crippen LogP contribution in [0.5, 0.6) is 0 Å². The van der Waals surface area contributed by atoms with E-state index in [-0.39, 0.29) is 6.29 Å². The van der Waals surface area contributed by atoms with Gasteiger partial charge in [0.2, 0.25) is 0 Å². The highest BCUT2D eigenvalue weighted by Gasteiger charge is 2.29. The average Bonchev–Trinajstić information content (AvgIpc) is 2.03. The molecule has 0 aliphatic heterocycles. The molecule has 1 heterocycles. The molecular weight excluding hydrogens is 185 g/mol. The molecule has 0 radical (unpaired) electrons. The first-order valence-corrected chi connectivity index (χ1v) is 3.23. The van der Waals surface area contributed by atoms with Crippen LogP contribution in [-0.2, 0) is 6.05 Å². The lowest BCUT2D eigenvalue weighted by Gasteiger charge is -2.11. The summed E-state index contributed by atoms with van der Waals surface area (Å²) >= 11 is 0. The van der Waals surface area contributed by atoms with Gasteiger partial charge in [-0.05, 0) is 6.07 Å². The summed E-state index contributed by atoms with van der Waals surface area (Å²) in [6.07, 6.45) is 0.758. The third kappa shape index (κ3) is 2.03. The summed E-state index contributed by atoms with van der Waals surface area (Å²) in [7, 11) is 0. The van der Waals surface area contributed by atoms with Crippen LogP contribution < -0.4 is 5.73 Å². The number of hydrogen-bond donors (Lipinski definition) is 1. The van der Waals surface area contributed by atoms with Gasteiger partial charge < -0.3 is 0 Å². The quantitative estimate of drug-likeness (QED) is 0.560. The zero-order valence-corrected chi connectivity index (χ0v) is 6.30. The first-order chi connectivity index (χ1) is 5.95. The minimum atomic E-state index is -3.76. The summed E-state index contributed by atoms with van der Waals surface area (Å²) in [6.45, 7) is 0. The molecule has 0 aliphatic carbocycles. The van der Waals surface area contributed by atoms with Crippen LogP contribution >= 0.6 is 0 Å². The molecular formula is C7H5F3N2O. The van der Waals surface area contributed by atoms with E-state index < -0.39 is 23.1 Å². The lowest BCUT2D eigenvalue weighted by molar-refractivity contribution is 0.00162. The Morgan fingerprint density at radius 2 is 2.15 bits per heavy atom. The molecule has 13 heavy (non-hydrogen) atoms. The highest BCUT2D eigenvalue weighted by atomic mass is 19.3. The number of rotatable bonds is 2. The van der Waals surface area contributed by atoms with Crippen LogP contribution in [0.2, 0.25) is 0 Å². The number of pyridine rings is 1. The molecule has 0 bridgehead atoms. The highest BCUT2D eigenvalue weighted by molar-refractivity contribution is 5.74. The Morgan fingerprint density at radius 3 is 2.62 bits per heavy atom. The number of carbonyl (C=O) groups is 1. The lowest BCUT2D eigenvalue weighted by Crippen LogP contribution is -2.27. The number of nitrogens with two attached hydrogens (primary N) is 1. The fourth-order valence-electron chi connectivity index (χ4n) is 0.811. The molecule has 0 spiro atoms. The summed E-state index contributed by atoms with van der Waals surface area (Å²) in [4.78, 5) is 13.4. The van der Waals surface area contributed by atoms with Crippen LogP contribution in [0.1, 0.15) is 16.1 Å². The Labute approximate surface area is 71.4 Å².